The van der Waals surface area contributed by atoms with Gasteiger partial charge in [0.05, 0.1) is 12.1 Å². The zero-order valence-electron chi connectivity index (χ0n) is 16.8. The minimum absolute atomic E-state index is 0.00270. The largest absolute Gasteiger partial charge is 0.481 e. The van der Waals surface area contributed by atoms with Gasteiger partial charge < -0.3 is 15.0 Å². The van der Waals surface area contributed by atoms with Crippen LogP contribution in [-0.4, -0.2) is 40.1 Å². The van der Waals surface area contributed by atoms with Gasteiger partial charge in [-0.2, -0.15) is 5.10 Å². The molecule has 0 spiro atoms. The Morgan fingerprint density at radius 2 is 1.94 bits per heavy atom. The lowest BCUT2D eigenvalue weighted by Crippen LogP contribution is -2.35. The summed E-state index contributed by atoms with van der Waals surface area (Å²) in [5.74, 6) is 0.348. The van der Waals surface area contributed by atoms with Gasteiger partial charge in [-0.25, -0.2) is 9.50 Å². The summed E-state index contributed by atoms with van der Waals surface area (Å²) < 4.78 is 7.18. The summed E-state index contributed by atoms with van der Waals surface area (Å²) in [7, 11) is 1.70. The molecule has 2 amide bonds. The molecule has 4 aromatic rings. The molecule has 154 valence electrons. The van der Waals surface area contributed by atoms with Crippen LogP contribution in [0.3, 0.4) is 0 Å². The second kappa shape index (κ2) is 7.56. The quantitative estimate of drug-likeness (QED) is 0.556. The van der Waals surface area contributed by atoms with E-state index in [0.29, 0.717) is 17.1 Å². The van der Waals surface area contributed by atoms with Crippen molar-refractivity contribution in [3.8, 4) is 16.9 Å². The van der Waals surface area contributed by atoms with E-state index >= 15 is 0 Å². The summed E-state index contributed by atoms with van der Waals surface area (Å²) in [6.07, 6.45) is 3.64. The highest BCUT2D eigenvalue weighted by Crippen LogP contribution is 2.33. The van der Waals surface area contributed by atoms with E-state index in [9.17, 15) is 9.59 Å². The smallest absolute Gasteiger partial charge is 0.264 e. The summed E-state index contributed by atoms with van der Waals surface area (Å²) >= 11 is 0. The first-order valence-electron chi connectivity index (χ1n) is 9.79. The fourth-order valence-corrected chi connectivity index (χ4v) is 3.56. The molecule has 1 aliphatic rings. The second-order valence-corrected chi connectivity index (χ2v) is 7.32. The highest BCUT2D eigenvalue weighted by atomic mass is 16.5. The second-order valence-electron chi connectivity index (χ2n) is 7.32. The summed E-state index contributed by atoms with van der Waals surface area (Å²) in [6.45, 7) is -0.00270. The molecular weight excluding hydrogens is 394 g/mol. The Kier molecular flexibility index (Phi) is 4.59. The van der Waals surface area contributed by atoms with Crippen molar-refractivity contribution >= 4 is 28.8 Å². The van der Waals surface area contributed by atoms with Crippen molar-refractivity contribution in [2.24, 2.45) is 0 Å². The van der Waals surface area contributed by atoms with Crippen LogP contribution in [0.4, 0.5) is 11.4 Å². The van der Waals surface area contributed by atoms with E-state index in [0.717, 1.165) is 22.3 Å². The van der Waals surface area contributed by atoms with E-state index < -0.39 is 0 Å². The maximum atomic E-state index is 12.5. The van der Waals surface area contributed by atoms with Crippen molar-refractivity contribution in [3.05, 3.63) is 72.7 Å². The van der Waals surface area contributed by atoms with Crippen molar-refractivity contribution in [2.45, 2.75) is 6.42 Å². The first kappa shape index (κ1) is 18.8. The molecule has 0 saturated carbocycles. The summed E-state index contributed by atoms with van der Waals surface area (Å²) in [4.78, 5) is 30.0. The molecule has 0 radical (unpaired) electrons. The van der Waals surface area contributed by atoms with Crippen LogP contribution in [0.1, 0.15) is 5.56 Å². The van der Waals surface area contributed by atoms with Crippen molar-refractivity contribution in [1.29, 1.82) is 0 Å². The molecule has 3 heterocycles. The Bertz CT molecular complexity index is 1300. The number of fused-ring (bicyclic) bond motifs is 2. The fourth-order valence-electron chi connectivity index (χ4n) is 3.56. The Morgan fingerprint density at radius 3 is 2.77 bits per heavy atom. The number of pyridine rings is 1. The maximum absolute atomic E-state index is 12.5. The van der Waals surface area contributed by atoms with E-state index in [-0.39, 0.29) is 24.8 Å². The number of ether oxygens (including phenoxy) is 1. The van der Waals surface area contributed by atoms with E-state index in [1.165, 1.54) is 6.33 Å². The predicted octanol–water partition coefficient (Wildman–Crippen LogP) is 2.93. The van der Waals surface area contributed by atoms with E-state index in [4.69, 9.17) is 4.74 Å². The van der Waals surface area contributed by atoms with E-state index in [1.54, 1.807) is 34.7 Å². The molecule has 0 aliphatic carbocycles. The van der Waals surface area contributed by atoms with Gasteiger partial charge in [0.15, 0.2) is 12.3 Å². The standard InChI is InChI=1S/C23H19N5O3/c1-27-19-7-6-18(12-20(19)31-13-23(27)30)26-22(29)10-15-2-4-16(5-3-15)17-8-9-28-21(11-17)24-14-25-28/h2-9,11-12,14H,10,13H2,1H3,(H,26,29). The number of hydrogen-bond donors (Lipinski definition) is 1. The summed E-state index contributed by atoms with van der Waals surface area (Å²) in [5.41, 5.74) is 5.09. The number of aromatic nitrogens is 3. The zero-order valence-corrected chi connectivity index (χ0v) is 16.8. The van der Waals surface area contributed by atoms with Crippen LogP contribution < -0.4 is 15.0 Å². The number of nitrogens with one attached hydrogen (secondary N) is 1. The Morgan fingerprint density at radius 1 is 1.10 bits per heavy atom. The number of hydrogen-bond acceptors (Lipinski definition) is 5. The molecule has 8 nitrogen and oxygen atoms in total. The van der Waals surface area contributed by atoms with Crippen LogP contribution in [0.2, 0.25) is 0 Å². The van der Waals surface area contributed by atoms with Crippen LogP contribution >= 0.6 is 0 Å². The zero-order chi connectivity index (χ0) is 21.4. The Labute approximate surface area is 178 Å². The van der Waals surface area contributed by atoms with Crippen LogP contribution in [0.5, 0.6) is 5.75 Å². The third kappa shape index (κ3) is 3.71. The summed E-state index contributed by atoms with van der Waals surface area (Å²) in [5, 5.41) is 6.99. The first-order valence-corrected chi connectivity index (χ1v) is 9.79. The number of carbonyl (C=O) groups is 2. The number of nitrogens with zero attached hydrogens (tertiary/aromatic N) is 4. The van der Waals surface area contributed by atoms with Gasteiger partial charge in [-0.05, 0) is 41.0 Å². The van der Waals surface area contributed by atoms with Gasteiger partial charge in [-0.3, -0.25) is 9.59 Å². The van der Waals surface area contributed by atoms with E-state index in [2.05, 4.69) is 15.4 Å². The average molecular weight is 413 g/mol. The predicted molar refractivity (Wildman–Crippen MR) is 116 cm³/mol. The number of amides is 2. The topological polar surface area (TPSA) is 88.8 Å². The average Bonchev–Trinajstić information content (AvgIpc) is 3.25. The van der Waals surface area contributed by atoms with Crippen molar-refractivity contribution in [2.75, 3.05) is 23.9 Å². The number of rotatable bonds is 4. The molecule has 2 aromatic heterocycles. The van der Waals surface area contributed by atoms with Gasteiger partial charge in [0.1, 0.15) is 12.1 Å². The Balaban J connectivity index is 1.26. The molecule has 0 fully saturated rings. The molecular formula is C23H19N5O3. The molecule has 8 heteroatoms. The fraction of sp³-hybridized carbons (Fsp3) is 0.130. The van der Waals surface area contributed by atoms with Gasteiger partial charge in [0, 0.05) is 25.0 Å². The van der Waals surface area contributed by atoms with Crippen molar-refractivity contribution < 1.29 is 14.3 Å². The molecule has 1 aliphatic heterocycles. The van der Waals surface area contributed by atoms with Crippen LogP contribution in [0.25, 0.3) is 16.8 Å². The van der Waals surface area contributed by atoms with Crippen molar-refractivity contribution in [1.82, 2.24) is 14.6 Å². The highest BCUT2D eigenvalue weighted by molar-refractivity contribution is 5.98. The molecule has 0 atom stereocenters. The van der Waals surface area contributed by atoms with Crippen LogP contribution in [0, 0.1) is 0 Å². The van der Waals surface area contributed by atoms with Crippen molar-refractivity contribution in [3.63, 3.8) is 0 Å². The molecule has 0 unspecified atom stereocenters. The van der Waals surface area contributed by atoms with Gasteiger partial charge in [0.25, 0.3) is 5.91 Å². The Hall–Kier alpha value is -4.20. The normalized spacial score (nSPS) is 13.1. The van der Waals surface area contributed by atoms with Crippen LogP contribution in [-0.2, 0) is 16.0 Å². The number of benzene rings is 2. The summed E-state index contributed by atoms with van der Waals surface area (Å²) in [6, 6.07) is 17.1. The monoisotopic (exact) mass is 413 g/mol. The molecule has 1 N–H and O–H groups in total. The lowest BCUT2D eigenvalue weighted by Gasteiger charge is -2.26. The number of anilines is 2. The number of carbonyl (C=O) groups excluding carboxylic acids is 2. The highest BCUT2D eigenvalue weighted by Gasteiger charge is 2.22. The van der Waals surface area contributed by atoms with Gasteiger partial charge in [-0.1, -0.05) is 24.3 Å². The lowest BCUT2D eigenvalue weighted by atomic mass is 10.0. The van der Waals surface area contributed by atoms with E-state index in [1.807, 2.05) is 42.6 Å². The lowest BCUT2D eigenvalue weighted by molar-refractivity contribution is -0.121. The first-order chi connectivity index (χ1) is 15.1. The molecule has 31 heavy (non-hydrogen) atoms. The molecule has 0 saturated heterocycles. The number of likely N-dealkylation sites (N-methyl/N-ethyl adjacent to an activating group) is 1. The third-order valence-electron chi connectivity index (χ3n) is 5.26. The SMILES string of the molecule is CN1C(=O)COc2cc(NC(=O)Cc3ccc(-c4ccn5ncnc5c4)cc3)ccc21. The molecule has 0 bridgehead atoms. The third-order valence-corrected chi connectivity index (χ3v) is 5.26. The molecule has 5 rings (SSSR count). The van der Waals surface area contributed by atoms with Gasteiger partial charge >= 0.3 is 0 Å². The minimum atomic E-state index is -0.127. The van der Waals surface area contributed by atoms with Gasteiger partial charge in [-0.15, -0.1) is 0 Å². The maximum Gasteiger partial charge on any atom is 0.264 e. The minimum Gasteiger partial charge on any atom is -0.481 e. The van der Waals surface area contributed by atoms with Crippen LogP contribution in [0.15, 0.2) is 67.1 Å². The molecule has 2 aromatic carbocycles. The van der Waals surface area contributed by atoms with Gasteiger partial charge in [0.2, 0.25) is 5.91 Å².